The Balaban J connectivity index is 2.23. The lowest BCUT2D eigenvalue weighted by Gasteiger charge is -2.42. The van der Waals surface area contributed by atoms with E-state index >= 15 is 0 Å². The van der Waals surface area contributed by atoms with Crippen molar-refractivity contribution in [2.24, 2.45) is 5.73 Å². The summed E-state index contributed by atoms with van der Waals surface area (Å²) in [4.78, 5) is 26.4. The minimum atomic E-state index is -0.438. The van der Waals surface area contributed by atoms with Gasteiger partial charge in [-0.25, -0.2) is 4.79 Å². The minimum Gasteiger partial charge on any atom is -0.463 e. The van der Waals surface area contributed by atoms with E-state index in [1.54, 1.807) is 11.8 Å². The van der Waals surface area contributed by atoms with Crippen molar-refractivity contribution < 1.29 is 19.1 Å². The molecule has 0 radical (unpaired) electrons. The van der Waals surface area contributed by atoms with E-state index < -0.39 is 12.2 Å². The molecule has 1 fully saturated rings. The SMILES string of the molecule is CC(C)OC(=O)C[C@H]1C[C@H]([C@@H](C)N)OC(=O)N1[C@H](C)c1ccccc1. The van der Waals surface area contributed by atoms with Crippen molar-refractivity contribution in [3.05, 3.63) is 35.9 Å². The molecule has 0 unspecified atom stereocenters. The Labute approximate surface area is 149 Å². The molecule has 1 aliphatic heterocycles. The van der Waals surface area contributed by atoms with E-state index in [2.05, 4.69) is 0 Å². The van der Waals surface area contributed by atoms with Crippen LogP contribution < -0.4 is 5.73 Å². The van der Waals surface area contributed by atoms with Gasteiger partial charge in [0.1, 0.15) is 6.10 Å². The van der Waals surface area contributed by atoms with Crippen LogP contribution in [0.5, 0.6) is 0 Å². The molecule has 6 heteroatoms. The summed E-state index contributed by atoms with van der Waals surface area (Å²) in [5, 5.41) is 0. The van der Waals surface area contributed by atoms with Crippen LogP contribution in [0, 0.1) is 0 Å². The van der Waals surface area contributed by atoms with E-state index in [-0.39, 0.29) is 36.6 Å². The van der Waals surface area contributed by atoms with Crippen LogP contribution in [0.2, 0.25) is 0 Å². The first-order chi connectivity index (χ1) is 11.8. The summed E-state index contributed by atoms with van der Waals surface area (Å²) in [7, 11) is 0. The smallest absolute Gasteiger partial charge is 0.410 e. The lowest BCUT2D eigenvalue weighted by atomic mass is 9.95. The van der Waals surface area contributed by atoms with E-state index in [9.17, 15) is 9.59 Å². The van der Waals surface area contributed by atoms with Crippen LogP contribution >= 0.6 is 0 Å². The maximum atomic E-state index is 12.6. The van der Waals surface area contributed by atoms with Crippen molar-refractivity contribution in [1.29, 1.82) is 0 Å². The molecule has 1 aliphatic rings. The van der Waals surface area contributed by atoms with Gasteiger partial charge in [-0.05, 0) is 33.3 Å². The van der Waals surface area contributed by atoms with E-state index in [1.165, 1.54) is 0 Å². The van der Waals surface area contributed by atoms with Crippen molar-refractivity contribution >= 4 is 12.1 Å². The van der Waals surface area contributed by atoms with Gasteiger partial charge >= 0.3 is 12.1 Å². The third-order valence-electron chi connectivity index (χ3n) is 4.42. The molecule has 0 aromatic heterocycles. The number of carbonyl (C=O) groups is 2. The monoisotopic (exact) mass is 348 g/mol. The van der Waals surface area contributed by atoms with Crippen LogP contribution in [-0.2, 0) is 14.3 Å². The summed E-state index contributed by atoms with van der Waals surface area (Å²) in [5.41, 5.74) is 6.91. The third-order valence-corrected chi connectivity index (χ3v) is 4.42. The Morgan fingerprint density at radius 1 is 1.28 bits per heavy atom. The number of amides is 1. The largest absolute Gasteiger partial charge is 0.463 e. The van der Waals surface area contributed by atoms with Gasteiger partial charge in [0, 0.05) is 18.5 Å². The van der Waals surface area contributed by atoms with Crippen molar-refractivity contribution in [2.75, 3.05) is 0 Å². The summed E-state index contributed by atoms with van der Waals surface area (Å²) in [5.74, 6) is -0.316. The molecule has 0 spiro atoms. The highest BCUT2D eigenvalue weighted by molar-refractivity contribution is 5.74. The molecule has 1 saturated heterocycles. The van der Waals surface area contributed by atoms with Crippen molar-refractivity contribution in [1.82, 2.24) is 4.90 Å². The first-order valence-corrected chi connectivity index (χ1v) is 8.78. The van der Waals surface area contributed by atoms with Crippen LogP contribution in [0.4, 0.5) is 4.79 Å². The Morgan fingerprint density at radius 2 is 1.92 bits per heavy atom. The fourth-order valence-corrected chi connectivity index (χ4v) is 3.14. The van der Waals surface area contributed by atoms with Gasteiger partial charge < -0.3 is 15.2 Å². The summed E-state index contributed by atoms with van der Waals surface area (Å²) < 4.78 is 10.8. The number of rotatable bonds is 6. The van der Waals surface area contributed by atoms with E-state index in [0.717, 1.165) is 5.56 Å². The van der Waals surface area contributed by atoms with Crippen LogP contribution in [0.3, 0.4) is 0 Å². The molecule has 0 saturated carbocycles. The van der Waals surface area contributed by atoms with Crippen LogP contribution in [-0.4, -0.2) is 41.3 Å². The third kappa shape index (κ3) is 4.95. The fourth-order valence-electron chi connectivity index (χ4n) is 3.14. The Hall–Kier alpha value is -2.08. The lowest BCUT2D eigenvalue weighted by molar-refractivity contribution is -0.149. The summed E-state index contributed by atoms with van der Waals surface area (Å²) in [6, 6.07) is 8.88. The second-order valence-electron chi connectivity index (χ2n) is 6.91. The number of nitrogens with zero attached hydrogens (tertiary/aromatic N) is 1. The molecule has 0 aliphatic carbocycles. The van der Waals surface area contributed by atoms with Gasteiger partial charge in [0.25, 0.3) is 0 Å². The highest BCUT2D eigenvalue weighted by Gasteiger charge is 2.40. The maximum absolute atomic E-state index is 12.6. The van der Waals surface area contributed by atoms with E-state index in [4.69, 9.17) is 15.2 Å². The van der Waals surface area contributed by atoms with Crippen LogP contribution in [0.25, 0.3) is 0 Å². The summed E-state index contributed by atoms with van der Waals surface area (Å²) in [6.07, 6.45) is -0.385. The minimum absolute atomic E-state index is 0.133. The summed E-state index contributed by atoms with van der Waals surface area (Å²) in [6.45, 7) is 7.35. The van der Waals surface area contributed by atoms with Gasteiger partial charge in [-0.15, -0.1) is 0 Å². The number of carbonyl (C=O) groups excluding carboxylic acids is 2. The van der Waals surface area contributed by atoms with E-state index in [0.29, 0.717) is 6.42 Å². The number of esters is 1. The van der Waals surface area contributed by atoms with Crippen molar-refractivity contribution in [3.63, 3.8) is 0 Å². The molecule has 2 rings (SSSR count). The topological polar surface area (TPSA) is 81.9 Å². The van der Waals surface area contributed by atoms with Crippen LogP contribution in [0.15, 0.2) is 30.3 Å². The second kappa shape index (κ2) is 8.34. The van der Waals surface area contributed by atoms with Gasteiger partial charge in [-0.2, -0.15) is 0 Å². The van der Waals surface area contributed by atoms with Crippen molar-refractivity contribution in [3.8, 4) is 0 Å². The van der Waals surface area contributed by atoms with Gasteiger partial charge in [-0.1, -0.05) is 30.3 Å². The number of hydrogen-bond donors (Lipinski definition) is 1. The summed E-state index contributed by atoms with van der Waals surface area (Å²) >= 11 is 0. The lowest BCUT2D eigenvalue weighted by Crippen LogP contribution is -2.54. The number of cyclic esters (lactones) is 1. The maximum Gasteiger partial charge on any atom is 0.410 e. The quantitative estimate of drug-likeness (QED) is 0.799. The predicted molar refractivity (Wildman–Crippen MR) is 94.9 cm³/mol. The molecular weight excluding hydrogens is 320 g/mol. The molecule has 1 aromatic carbocycles. The fraction of sp³-hybridized carbons (Fsp3) is 0.579. The first-order valence-electron chi connectivity index (χ1n) is 8.78. The molecule has 0 bridgehead atoms. The average molecular weight is 348 g/mol. The number of benzene rings is 1. The van der Waals surface area contributed by atoms with E-state index in [1.807, 2.05) is 51.1 Å². The zero-order chi connectivity index (χ0) is 18.6. The van der Waals surface area contributed by atoms with Gasteiger partial charge in [0.15, 0.2) is 0 Å². The Bertz CT molecular complexity index is 588. The van der Waals surface area contributed by atoms with Gasteiger partial charge in [0.05, 0.1) is 18.6 Å². The predicted octanol–water partition coefficient (Wildman–Crippen LogP) is 3.02. The molecule has 1 heterocycles. The molecule has 2 N–H and O–H groups in total. The zero-order valence-electron chi connectivity index (χ0n) is 15.3. The molecular formula is C19H28N2O4. The molecule has 1 aromatic rings. The molecule has 25 heavy (non-hydrogen) atoms. The molecule has 1 amide bonds. The van der Waals surface area contributed by atoms with Gasteiger partial charge in [-0.3, -0.25) is 9.69 Å². The second-order valence-corrected chi connectivity index (χ2v) is 6.91. The number of nitrogens with two attached hydrogens (primary N) is 1. The highest BCUT2D eigenvalue weighted by atomic mass is 16.6. The average Bonchev–Trinajstić information content (AvgIpc) is 2.53. The number of hydrogen-bond acceptors (Lipinski definition) is 5. The van der Waals surface area contributed by atoms with Crippen LogP contribution in [0.1, 0.15) is 52.1 Å². The first kappa shape index (κ1) is 19.2. The van der Waals surface area contributed by atoms with Crippen molar-refractivity contribution in [2.45, 2.75) is 70.9 Å². The highest BCUT2D eigenvalue weighted by Crippen LogP contribution is 2.31. The zero-order valence-corrected chi connectivity index (χ0v) is 15.3. The number of ether oxygens (including phenoxy) is 2. The standard InChI is InChI=1S/C19H28N2O4/c1-12(2)24-18(22)11-16-10-17(13(3)20)25-19(23)21(16)14(4)15-8-6-5-7-9-15/h5-9,12-14,16-17H,10-11,20H2,1-4H3/t13-,14-,16-,17-/m1/s1. The molecule has 138 valence electrons. The molecule has 4 atom stereocenters. The Kier molecular flexibility index (Phi) is 6.42. The Morgan fingerprint density at radius 3 is 2.48 bits per heavy atom. The van der Waals surface area contributed by atoms with Gasteiger partial charge in [0.2, 0.25) is 0 Å². The molecule has 6 nitrogen and oxygen atoms in total. The normalized spacial score (nSPS) is 23.1.